The number of nitrogen functional groups attached to an aromatic ring is 1. The number of hydrogen-bond donors (Lipinski definition) is 1. The maximum Gasteiger partial charge on any atom is 0.0503 e. The highest BCUT2D eigenvalue weighted by molar-refractivity contribution is 5.42. The zero-order chi connectivity index (χ0) is 12.3. The molecule has 0 spiro atoms. The molecule has 4 aliphatic carbocycles. The summed E-state index contributed by atoms with van der Waals surface area (Å²) in [6.45, 7) is 2.19. The normalized spacial score (nSPS) is 41.3. The first-order chi connectivity index (χ1) is 8.64. The fraction of sp³-hybridized carbons (Fsp3) is 0.688. The van der Waals surface area contributed by atoms with Gasteiger partial charge in [0, 0.05) is 11.1 Å². The number of anilines is 1. The molecule has 0 atom stereocenters. The SMILES string of the molecule is Cc1cc(N)cnc1C12CC3CC(CC(C3)C1)C2. The Labute approximate surface area is 109 Å². The Morgan fingerprint density at radius 3 is 2.17 bits per heavy atom. The third kappa shape index (κ3) is 1.44. The molecule has 0 saturated heterocycles. The highest BCUT2D eigenvalue weighted by Crippen LogP contribution is 2.60. The minimum absolute atomic E-state index is 0.409. The number of aryl methyl sites for hydroxylation is 1. The molecule has 2 N–H and O–H groups in total. The van der Waals surface area contributed by atoms with E-state index in [1.807, 2.05) is 6.20 Å². The second kappa shape index (κ2) is 3.49. The summed E-state index contributed by atoms with van der Waals surface area (Å²) in [5.74, 6) is 2.94. The van der Waals surface area contributed by atoms with Gasteiger partial charge in [-0.15, -0.1) is 0 Å². The molecule has 1 aromatic rings. The van der Waals surface area contributed by atoms with Gasteiger partial charge in [-0.1, -0.05) is 0 Å². The molecule has 1 aromatic heterocycles. The van der Waals surface area contributed by atoms with Gasteiger partial charge in [0.25, 0.3) is 0 Å². The number of aromatic nitrogens is 1. The van der Waals surface area contributed by atoms with Crippen molar-refractivity contribution in [2.75, 3.05) is 5.73 Å². The zero-order valence-corrected chi connectivity index (χ0v) is 11.2. The van der Waals surface area contributed by atoms with Crippen LogP contribution in [0, 0.1) is 24.7 Å². The van der Waals surface area contributed by atoms with E-state index in [4.69, 9.17) is 10.7 Å². The molecule has 4 aliphatic rings. The maximum atomic E-state index is 5.86. The van der Waals surface area contributed by atoms with Gasteiger partial charge in [-0.25, -0.2) is 0 Å². The minimum Gasteiger partial charge on any atom is -0.397 e. The second-order valence-corrected chi connectivity index (χ2v) is 7.13. The maximum absolute atomic E-state index is 5.86. The van der Waals surface area contributed by atoms with E-state index in [0.717, 1.165) is 23.4 Å². The van der Waals surface area contributed by atoms with Gasteiger partial charge in [-0.3, -0.25) is 4.98 Å². The van der Waals surface area contributed by atoms with Crippen molar-refractivity contribution >= 4 is 5.69 Å². The molecule has 2 heteroatoms. The van der Waals surface area contributed by atoms with E-state index in [-0.39, 0.29) is 0 Å². The smallest absolute Gasteiger partial charge is 0.0503 e. The van der Waals surface area contributed by atoms with Crippen molar-refractivity contribution in [3.8, 4) is 0 Å². The zero-order valence-electron chi connectivity index (χ0n) is 11.2. The van der Waals surface area contributed by atoms with Crippen molar-refractivity contribution in [1.82, 2.24) is 4.98 Å². The van der Waals surface area contributed by atoms with Crippen LogP contribution in [0.5, 0.6) is 0 Å². The molecule has 5 rings (SSSR count). The van der Waals surface area contributed by atoms with Crippen LogP contribution in [0.2, 0.25) is 0 Å². The Kier molecular flexibility index (Phi) is 2.10. The van der Waals surface area contributed by atoms with Crippen molar-refractivity contribution in [2.24, 2.45) is 17.8 Å². The van der Waals surface area contributed by atoms with Crippen LogP contribution in [0.25, 0.3) is 0 Å². The van der Waals surface area contributed by atoms with E-state index in [1.165, 1.54) is 49.8 Å². The van der Waals surface area contributed by atoms with E-state index in [9.17, 15) is 0 Å². The molecule has 4 bridgehead atoms. The molecule has 0 radical (unpaired) electrons. The molecule has 1 heterocycles. The summed E-state index contributed by atoms with van der Waals surface area (Å²) in [6, 6.07) is 2.11. The van der Waals surface area contributed by atoms with Crippen LogP contribution in [-0.2, 0) is 5.41 Å². The predicted molar refractivity (Wildman–Crippen MR) is 73.2 cm³/mol. The van der Waals surface area contributed by atoms with Crippen molar-refractivity contribution in [2.45, 2.75) is 50.9 Å². The third-order valence-corrected chi connectivity index (χ3v) is 5.64. The fourth-order valence-electron chi connectivity index (χ4n) is 5.55. The van der Waals surface area contributed by atoms with Crippen molar-refractivity contribution < 1.29 is 0 Å². The lowest BCUT2D eigenvalue weighted by molar-refractivity contribution is -0.00748. The van der Waals surface area contributed by atoms with E-state index < -0.39 is 0 Å². The van der Waals surface area contributed by atoms with Crippen molar-refractivity contribution in [3.05, 3.63) is 23.5 Å². The van der Waals surface area contributed by atoms with Crippen LogP contribution in [0.1, 0.15) is 49.8 Å². The van der Waals surface area contributed by atoms with Crippen LogP contribution in [0.15, 0.2) is 12.3 Å². The van der Waals surface area contributed by atoms with E-state index in [0.29, 0.717) is 5.41 Å². The molecule has 4 saturated carbocycles. The van der Waals surface area contributed by atoms with Crippen molar-refractivity contribution in [3.63, 3.8) is 0 Å². The first-order valence-corrected chi connectivity index (χ1v) is 7.37. The topological polar surface area (TPSA) is 38.9 Å². The highest BCUT2D eigenvalue weighted by Gasteiger charge is 2.52. The van der Waals surface area contributed by atoms with Gasteiger partial charge in [0.15, 0.2) is 0 Å². The molecule has 18 heavy (non-hydrogen) atoms. The van der Waals surface area contributed by atoms with Crippen LogP contribution >= 0.6 is 0 Å². The number of rotatable bonds is 1. The monoisotopic (exact) mass is 242 g/mol. The summed E-state index contributed by atoms with van der Waals surface area (Å²) in [4.78, 5) is 4.74. The summed E-state index contributed by atoms with van der Waals surface area (Å²) >= 11 is 0. The Hall–Kier alpha value is -1.05. The van der Waals surface area contributed by atoms with E-state index >= 15 is 0 Å². The lowest BCUT2D eigenvalue weighted by Crippen LogP contribution is -2.49. The van der Waals surface area contributed by atoms with Crippen LogP contribution in [0.3, 0.4) is 0 Å². The van der Waals surface area contributed by atoms with Crippen LogP contribution < -0.4 is 5.73 Å². The summed E-state index contributed by atoms with van der Waals surface area (Å²) in [6.07, 6.45) is 10.5. The predicted octanol–water partition coefficient (Wildman–Crippen LogP) is 3.44. The lowest BCUT2D eigenvalue weighted by Gasteiger charge is -2.56. The molecule has 0 aliphatic heterocycles. The Bertz CT molecular complexity index is 457. The fourth-order valence-corrected chi connectivity index (χ4v) is 5.55. The Morgan fingerprint density at radius 1 is 1.11 bits per heavy atom. The van der Waals surface area contributed by atoms with Gasteiger partial charge >= 0.3 is 0 Å². The first-order valence-electron chi connectivity index (χ1n) is 7.37. The Morgan fingerprint density at radius 2 is 1.67 bits per heavy atom. The third-order valence-electron chi connectivity index (χ3n) is 5.64. The van der Waals surface area contributed by atoms with Gasteiger partial charge in [-0.2, -0.15) is 0 Å². The summed E-state index contributed by atoms with van der Waals surface area (Å²) in [7, 11) is 0. The van der Waals surface area contributed by atoms with E-state index in [2.05, 4.69) is 13.0 Å². The number of nitrogens with two attached hydrogens (primary N) is 1. The van der Waals surface area contributed by atoms with Crippen molar-refractivity contribution in [1.29, 1.82) is 0 Å². The average Bonchev–Trinajstić information content (AvgIpc) is 2.26. The minimum atomic E-state index is 0.409. The standard InChI is InChI=1S/C16H22N2/c1-10-2-14(17)9-18-15(10)16-6-11-3-12(7-16)5-13(4-11)8-16/h2,9,11-13H,3-8,17H2,1H3. The number of nitrogens with zero attached hydrogens (tertiary/aromatic N) is 1. The number of hydrogen-bond acceptors (Lipinski definition) is 2. The first kappa shape index (κ1) is 10.8. The van der Waals surface area contributed by atoms with Crippen LogP contribution in [-0.4, -0.2) is 4.98 Å². The van der Waals surface area contributed by atoms with Gasteiger partial charge in [0.2, 0.25) is 0 Å². The lowest BCUT2D eigenvalue weighted by atomic mass is 9.48. The highest BCUT2D eigenvalue weighted by atomic mass is 14.8. The molecule has 0 aromatic carbocycles. The molecule has 2 nitrogen and oxygen atoms in total. The van der Waals surface area contributed by atoms with Gasteiger partial charge in [-0.05, 0) is 74.8 Å². The average molecular weight is 242 g/mol. The summed E-state index contributed by atoms with van der Waals surface area (Å²) in [5, 5.41) is 0. The molecule has 0 unspecified atom stereocenters. The van der Waals surface area contributed by atoms with Crippen LogP contribution in [0.4, 0.5) is 5.69 Å². The molecule has 4 fully saturated rings. The van der Waals surface area contributed by atoms with Gasteiger partial charge in [0.1, 0.15) is 0 Å². The molecule has 96 valence electrons. The van der Waals surface area contributed by atoms with E-state index in [1.54, 1.807) is 0 Å². The quantitative estimate of drug-likeness (QED) is 0.819. The van der Waals surface area contributed by atoms with Gasteiger partial charge < -0.3 is 5.73 Å². The summed E-state index contributed by atoms with van der Waals surface area (Å²) in [5.41, 5.74) is 9.76. The Balaban J connectivity index is 1.79. The second-order valence-electron chi connectivity index (χ2n) is 7.13. The number of pyridine rings is 1. The largest absolute Gasteiger partial charge is 0.397 e. The molecule has 0 amide bonds. The van der Waals surface area contributed by atoms with Gasteiger partial charge in [0.05, 0.1) is 11.9 Å². The molecular weight excluding hydrogens is 220 g/mol. The molecular formula is C16H22N2. The summed E-state index contributed by atoms with van der Waals surface area (Å²) < 4.78 is 0.